The molecule has 2 N–H and O–H groups in total. The minimum absolute atomic E-state index is 0.0266. The number of benzene rings is 1. The topological polar surface area (TPSA) is 58.6 Å². The number of carbonyl (C=O) groups excluding carboxylic acids is 1. The highest BCUT2D eigenvalue weighted by molar-refractivity contribution is 5.76. The average molecular weight is 275 g/mol. The molecule has 4 nitrogen and oxygen atoms in total. The van der Waals surface area contributed by atoms with Crippen LogP contribution in [0.1, 0.15) is 24.5 Å². The van der Waals surface area contributed by atoms with Crippen molar-refractivity contribution in [1.82, 2.24) is 5.32 Å². The maximum Gasteiger partial charge on any atom is 0.220 e. The first-order valence-electron chi connectivity index (χ1n) is 6.60. The Bertz CT molecular complexity index is 471. The molecule has 1 atom stereocenters. The highest BCUT2D eigenvalue weighted by Crippen LogP contribution is 2.05. The second-order valence-corrected chi connectivity index (χ2v) is 4.70. The highest BCUT2D eigenvalue weighted by atomic mass is 16.5. The van der Waals surface area contributed by atoms with E-state index in [4.69, 9.17) is 9.84 Å². The van der Waals surface area contributed by atoms with Gasteiger partial charge in [0.1, 0.15) is 6.61 Å². The molecule has 108 valence electrons. The summed E-state index contributed by atoms with van der Waals surface area (Å²) in [5, 5.41) is 11.5. The molecule has 0 bridgehead atoms. The molecule has 0 aromatic heterocycles. The predicted molar refractivity (Wildman–Crippen MR) is 77.9 cm³/mol. The summed E-state index contributed by atoms with van der Waals surface area (Å²) in [5.74, 6) is 5.66. The van der Waals surface area contributed by atoms with Crippen LogP contribution < -0.4 is 5.32 Å². The molecule has 0 heterocycles. The van der Waals surface area contributed by atoms with Crippen molar-refractivity contribution in [3.8, 4) is 11.8 Å². The van der Waals surface area contributed by atoms with E-state index >= 15 is 0 Å². The Morgan fingerprint density at radius 1 is 1.40 bits per heavy atom. The number of methoxy groups -OCH3 is 1. The highest BCUT2D eigenvalue weighted by Gasteiger charge is 2.08. The lowest BCUT2D eigenvalue weighted by Crippen LogP contribution is -2.25. The zero-order valence-corrected chi connectivity index (χ0v) is 12.0. The lowest BCUT2D eigenvalue weighted by atomic mass is 10.1. The van der Waals surface area contributed by atoms with Gasteiger partial charge in [0.15, 0.2) is 0 Å². The van der Waals surface area contributed by atoms with E-state index in [0.717, 1.165) is 11.1 Å². The Labute approximate surface area is 120 Å². The van der Waals surface area contributed by atoms with Crippen molar-refractivity contribution in [3.63, 3.8) is 0 Å². The number of carbonyl (C=O) groups is 1. The molecule has 1 amide bonds. The summed E-state index contributed by atoms with van der Waals surface area (Å²) in [5.41, 5.74) is 1.87. The van der Waals surface area contributed by atoms with Gasteiger partial charge in [0, 0.05) is 32.2 Å². The Hall–Kier alpha value is -1.83. The zero-order chi connectivity index (χ0) is 14.8. The number of amides is 1. The standard InChI is InChI=1S/C16H21NO3/c1-13(12-20-2)10-16(19)17-11-15-7-5-14(6-8-15)4-3-9-18/h5-8,13,18H,9-12H2,1-2H3,(H,17,19). The number of ether oxygens (including phenoxy) is 1. The van der Waals surface area contributed by atoms with Crippen molar-refractivity contribution < 1.29 is 14.6 Å². The molecule has 20 heavy (non-hydrogen) atoms. The summed E-state index contributed by atoms with van der Waals surface area (Å²) >= 11 is 0. The van der Waals surface area contributed by atoms with Gasteiger partial charge in [-0.3, -0.25) is 4.79 Å². The minimum atomic E-state index is -0.141. The van der Waals surface area contributed by atoms with Crippen molar-refractivity contribution in [2.75, 3.05) is 20.3 Å². The van der Waals surface area contributed by atoms with Gasteiger partial charge in [-0.25, -0.2) is 0 Å². The summed E-state index contributed by atoms with van der Waals surface area (Å²) in [6.45, 7) is 2.94. The van der Waals surface area contributed by atoms with E-state index < -0.39 is 0 Å². The van der Waals surface area contributed by atoms with Crippen LogP contribution >= 0.6 is 0 Å². The van der Waals surface area contributed by atoms with Gasteiger partial charge in [-0.15, -0.1) is 0 Å². The average Bonchev–Trinajstić information content (AvgIpc) is 2.44. The largest absolute Gasteiger partial charge is 0.384 e. The van der Waals surface area contributed by atoms with E-state index in [9.17, 15) is 4.79 Å². The molecule has 0 aliphatic carbocycles. The fraction of sp³-hybridized carbons (Fsp3) is 0.438. The molecule has 0 fully saturated rings. The maximum atomic E-state index is 11.7. The van der Waals surface area contributed by atoms with Crippen LogP contribution in [-0.4, -0.2) is 31.3 Å². The van der Waals surface area contributed by atoms with E-state index in [1.54, 1.807) is 7.11 Å². The quantitative estimate of drug-likeness (QED) is 0.770. The summed E-state index contributed by atoms with van der Waals surface area (Å²) < 4.78 is 5.00. The number of aliphatic hydroxyl groups excluding tert-OH is 1. The third-order valence-electron chi connectivity index (χ3n) is 2.74. The van der Waals surface area contributed by atoms with Crippen LogP contribution in [0.3, 0.4) is 0 Å². The first-order chi connectivity index (χ1) is 9.65. The number of rotatable bonds is 6. The molecular formula is C16H21NO3. The van der Waals surface area contributed by atoms with Crippen LogP contribution in [0.5, 0.6) is 0 Å². The van der Waals surface area contributed by atoms with Gasteiger partial charge in [0.25, 0.3) is 0 Å². The van der Waals surface area contributed by atoms with Crippen molar-refractivity contribution >= 4 is 5.91 Å². The number of hydrogen-bond donors (Lipinski definition) is 2. The van der Waals surface area contributed by atoms with Gasteiger partial charge >= 0.3 is 0 Å². The smallest absolute Gasteiger partial charge is 0.220 e. The lowest BCUT2D eigenvalue weighted by molar-refractivity contribution is -0.122. The summed E-state index contributed by atoms with van der Waals surface area (Å²) in [4.78, 5) is 11.7. The van der Waals surface area contributed by atoms with Gasteiger partial charge in [0.05, 0.1) is 0 Å². The van der Waals surface area contributed by atoms with Gasteiger partial charge in [-0.1, -0.05) is 30.9 Å². The number of aliphatic hydroxyl groups is 1. The lowest BCUT2D eigenvalue weighted by Gasteiger charge is -2.10. The molecule has 0 spiro atoms. The molecular weight excluding hydrogens is 254 g/mol. The van der Waals surface area contributed by atoms with Gasteiger partial charge in [-0.2, -0.15) is 0 Å². The molecule has 0 aliphatic heterocycles. The fourth-order valence-electron chi connectivity index (χ4n) is 1.78. The fourth-order valence-corrected chi connectivity index (χ4v) is 1.78. The van der Waals surface area contributed by atoms with E-state index in [1.807, 2.05) is 31.2 Å². The van der Waals surface area contributed by atoms with Crippen LogP contribution in [0.4, 0.5) is 0 Å². The summed E-state index contributed by atoms with van der Waals surface area (Å²) in [6.07, 6.45) is 0.466. The third-order valence-corrected chi connectivity index (χ3v) is 2.74. The van der Waals surface area contributed by atoms with Crippen LogP contribution in [-0.2, 0) is 16.1 Å². The van der Waals surface area contributed by atoms with Crippen molar-refractivity contribution in [1.29, 1.82) is 0 Å². The summed E-state index contributed by atoms with van der Waals surface area (Å²) in [7, 11) is 1.63. The second-order valence-electron chi connectivity index (χ2n) is 4.70. The molecule has 0 radical (unpaired) electrons. The zero-order valence-electron chi connectivity index (χ0n) is 12.0. The Kier molecular flexibility index (Phi) is 7.41. The Morgan fingerprint density at radius 2 is 2.10 bits per heavy atom. The molecule has 4 heteroatoms. The van der Waals surface area contributed by atoms with Crippen molar-refractivity contribution in [3.05, 3.63) is 35.4 Å². The molecule has 0 saturated heterocycles. The van der Waals surface area contributed by atoms with Crippen molar-refractivity contribution in [2.45, 2.75) is 19.9 Å². The Balaban J connectivity index is 2.40. The number of hydrogen-bond acceptors (Lipinski definition) is 3. The predicted octanol–water partition coefficient (Wildman–Crippen LogP) is 1.32. The van der Waals surface area contributed by atoms with Crippen LogP contribution in [0.2, 0.25) is 0 Å². The Morgan fingerprint density at radius 3 is 2.70 bits per heavy atom. The van der Waals surface area contributed by atoms with Gasteiger partial charge in [-0.05, 0) is 23.6 Å². The minimum Gasteiger partial charge on any atom is -0.384 e. The first-order valence-corrected chi connectivity index (χ1v) is 6.60. The molecule has 1 unspecified atom stereocenters. The van der Waals surface area contributed by atoms with Gasteiger partial charge in [0.2, 0.25) is 5.91 Å². The molecule has 1 aromatic rings. The monoisotopic (exact) mass is 275 g/mol. The van der Waals surface area contributed by atoms with Crippen LogP contribution in [0.25, 0.3) is 0 Å². The van der Waals surface area contributed by atoms with Crippen LogP contribution in [0.15, 0.2) is 24.3 Å². The van der Waals surface area contributed by atoms with Crippen molar-refractivity contribution in [2.24, 2.45) is 5.92 Å². The maximum absolute atomic E-state index is 11.7. The van der Waals surface area contributed by atoms with E-state index in [2.05, 4.69) is 17.2 Å². The molecule has 0 aliphatic rings. The normalized spacial score (nSPS) is 11.3. The molecule has 1 rings (SSSR count). The van der Waals surface area contributed by atoms with Crippen LogP contribution in [0, 0.1) is 17.8 Å². The second kappa shape index (κ2) is 9.13. The SMILES string of the molecule is COCC(C)CC(=O)NCc1ccc(C#CCO)cc1. The number of nitrogens with one attached hydrogen (secondary N) is 1. The van der Waals surface area contributed by atoms with E-state index in [0.29, 0.717) is 19.6 Å². The van der Waals surface area contributed by atoms with Gasteiger partial charge < -0.3 is 15.2 Å². The first kappa shape index (κ1) is 16.2. The van der Waals surface area contributed by atoms with E-state index in [1.165, 1.54) is 0 Å². The molecule has 1 aromatic carbocycles. The molecule has 0 saturated carbocycles. The third kappa shape index (κ3) is 6.37. The van der Waals surface area contributed by atoms with E-state index in [-0.39, 0.29) is 18.4 Å². The summed E-state index contributed by atoms with van der Waals surface area (Å²) in [6, 6.07) is 7.58.